The van der Waals surface area contributed by atoms with Gasteiger partial charge in [-0.1, -0.05) is 24.3 Å². The molecule has 0 atom stereocenters. The van der Waals surface area contributed by atoms with E-state index in [0.717, 1.165) is 42.5 Å². The van der Waals surface area contributed by atoms with E-state index in [9.17, 15) is 13.2 Å². The smallest absolute Gasteiger partial charge is 0.276 e. The van der Waals surface area contributed by atoms with Crippen LogP contribution < -0.4 is 5.32 Å². The molecule has 27 heavy (non-hydrogen) atoms. The molecule has 1 amide bonds. The Kier molecular flexibility index (Phi) is 4.31. The Bertz CT molecular complexity index is 1120. The normalized spacial score (nSPS) is 13.4. The van der Waals surface area contributed by atoms with Crippen LogP contribution in [0.5, 0.6) is 0 Å². The van der Waals surface area contributed by atoms with Crippen molar-refractivity contribution >= 4 is 21.4 Å². The summed E-state index contributed by atoms with van der Waals surface area (Å²) in [6.45, 7) is 0. The molecule has 0 fully saturated rings. The second-order valence-electron chi connectivity index (χ2n) is 6.63. The highest BCUT2D eigenvalue weighted by Crippen LogP contribution is 2.28. The summed E-state index contributed by atoms with van der Waals surface area (Å²) in [5, 5.41) is 7.34. The van der Waals surface area contributed by atoms with Gasteiger partial charge in [-0.3, -0.25) is 4.79 Å². The van der Waals surface area contributed by atoms with Crippen molar-refractivity contribution in [2.24, 2.45) is 0 Å². The van der Waals surface area contributed by atoms with E-state index < -0.39 is 9.84 Å². The van der Waals surface area contributed by atoms with Gasteiger partial charge in [0.15, 0.2) is 15.5 Å². The van der Waals surface area contributed by atoms with Crippen LogP contribution in [0.15, 0.2) is 59.5 Å². The van der Waals surface area contributed by atoms with Gasteiger partial charge in [0.2, 0.25) is 0 Å². The molecule has 4 rings (SSSR count). The zero-order valence-corrected chi connectivity index (χ0v) is 15.7. The molecule has 3 aromatic rings. The van der Waals surface area contributed by atoms with Gasteiger partial charge < -0.3 is 5.32 Å². The summed E-state index contributed by atoms with van der Waals surface area (Å²) < 4.78 is 25.3. The Balaban J connectivity index is 1.68. The standard InChI is InChI=1S/C20H19N3O3S/c1-27(25,26)16-10-5-7-14(13-16)21-20(24)19-17-11-6-12-18(17)23(22-19)15-8-3-2-4-9-15/h2-5,7-10,13H,6,11-12H2,1H3,(H,21,24). The van der Waals surface area contributed by atoms with Crippen molar-refractivity contribution in [3.8, 4) is 5.69 Å². The van der Waals surface area contributed by atoms with Crippen molar-refractivity contribution in [3.05, 3.63) is 71.5 Å². The minimum Gasteiger partial charge on any atom is -0.321 e. The number of fused-ring (bicyclic) bond motifs is 1. The van der Waals surface area contributed by atoms with Crippen LogP contribution >= 0.6 is 0 Å². The van der Waals surface area contributed by atoms with E-state index >= 15 is 0 Å². The number of carbonyl (C=O) groups excluding carboxylic acids is 1. The number of hydrogen-bond donors (Lipinski definition) is 1. The number of amides is 1. The number of sulfone groups is 1. The predicted octanol–water partition coefficient (Wildman–Crippen LogP) is 3.02. The Morgan fingerprint density at radius 2 is 1.85 bits per heavy atom. The van der Waals surface area contributed by atoms with Gasteiger partial charge in [-0.05, 0) is 49.6 Å². The van der Waals surface area contributed by atoms with Crippen LogP contribution in [-0.4, -0.2) is 30.4 Å². The minimum atomic E-state index is -3.34. The quantitative estimate of drug-likeness (QED) is 0.753. The summed E-state index contributed by atoms with van der Waals surface area (Å²) in [5.41, 5.74) is 3.79. The minimum absolute atomic E-state index is 0.167. The van der Waals surface area contributed by atoms with Crippen molar-refractivity contribution < 1.29 is 13.2 Å². The zero-order chi connectivity index (χ0) is 19.0. The van der Waals surface area contributed by atoms with E-state index in [1.54, 1.807) is 12.1 Å². The maximum absolute atomic E-state index is 12.8. The van der Waals surface area contributed by atoms with E-state index in [-0.39, 0.29) is 10.8 Å². The molecular formula is C20H19N3O3S. The lowest BCUT2D eigenvalue weighted by Crippen LogP contribution is -2.15. The lowest BCUT2D eigenvalue weighted by molar-refractivity contribution is 0.102. The van der Waals surface area contributed by atoms with Gasteiger partial charge in [0.1, 0.15) is 0 Å². The summed E-state index contributed by atoms with van der Waals surface area (Å²) in [6.07, 6.45) is 3.83. The lowest BCUT2D eigenvalue weighted by atomic mass is 10.2. The van der Waals surface area contributed by atoms with E-state index in [1.807, 2.05) is 35.0 Å². The van der Waals surface area contributed by atoms with E-state index in [4.69, 9.17) is 0 Å². The first kappa shape index (κ1) is 17.5. The number of nitrogens with zero attached hydrogens (tertiary/aromatic N) is 2. The van der Waals surface area contributed by atoms with Crippen molar-refractivity contribution in [1.29, 1.82) is 0 Å². The second kappa shape index (κ2) is 6.66. The maximum atomic E-state index is 12.8. The topological polar surface area (TPSA) is 81.1 Å². The molecule has 0 spiro atoms. The summed E-state index contributed by atoms with van der Waals surface area (Å²) in [5.74, 6) is -0.325. The Hall–Kier alpha value is -2.93. The number of benzene rings is 2. The molecule has 0 saturated heterocycles. The summed E-state index contributed by atoms with van der Waals surface area (Å²) in [4.78, 5) is 13.0. The van der Waals surface area contributed by atoms with Gasteiger partial charge in [0.25, 0.3) is 5.91 Å². The fraction of sp³-hybridized carbons (Fsp3) is 0.200. The van der Waals surface area contributed by atoms with Gasteiger partial charge in [-0.2, -0.15) is 5.10 Å². The summed E-state index contributed by atoms with van der Waals surface area (Å²) in [6, 6.07) is 16.0. The van der Waals surface area contributed by atoms with Gasteiger partial charge in [0.05, 0.1) is 10.6 Å². The molecule has 2 aromatic carbocycles. The van der Waals surface area contributed by atoms with Crippen LogP contribution in [0.2, 0.25) is 0 Å². The lowest BCUT2D eigenvalue weighted by Gasteiger charge is -2.06. The van der Waals surface area contributed by atoms with E-state index in [1.165, 1.54) is 12.1 Å². The largest absolute Gasteiger partial charge is 0.321 e. The van der Waals surface area contributed by atoms with Gasteiger partial charge in [-0.15, -0.1) is 0 Å². The first-order valence-corrected chi connectivity index (χ1v) is 10.6. The molecule has 1 N–H and O–H groups in total. The molecule has 138 valence electrons. The highest BCUT2D eigenvalue weighted by atomic mass is 32.2. The van der Waals surface area contributed by atoms with E-state index in [0.29, 0.717) is 11.4 Å². The highest BCUT2D eigenvalue weighted by Gasteiger charge is 2.27. The molecule has 0 unspecified atom stereocenters. The number of nitrogens with one attached hydrogen (secondary N) is 1. The molecule has 6 nitrogen and oxygen atoms in total. The highest BCUT2D eigenvalue weighted by molar-refractivity contribution is 7.90. The number of rotatable bonds is 4. The molecule has 0 aliphatic heterocycles. The van der Waals surface area contributed by atoms with Crippen molar-refractivity contribution in [2.45, 2.75) is 24.2 Å². The SMILES string of the molecule is CS(=O)(=O)c1cccc(NC(=O)c2nn(-c3ccccc3)c3c2CCC3)c1. The fourth-order valence-electron chi connectivity index (χ4n) is 3.40. The zero-order valence-electron chi connectivity index (χ0n) is 14.8. The van der Waals surface area contributed by atoms with Gasteiger partial charge >= 0.3 is 0 Å². The first-order valence-electron chi connectivity index (χ1n) is 8.71. The Morgan fingerprint density at radius 3 is 2.59 bits per heavy atom. The van der Waals surface area contributed by atoms with Crippen LogP contribution in [0.3, 0.4) is 0 Å². The predicted molar refractivity (Wildman–Crippen MR) is 103 cm³/mol. The first-order chi connectivity index (χ1) is 12.9. The number of para-hydroxylation sites is 1. The molecule has 0 bridgehead atoms. The number of hydrogen-bond acceptors (Lipinski definition) is 4. The number of anilines is 1. The van der Waals surface area contributed by atoms with Gasteiger partial charge in [0, 0.05) is 23.2 Å². The van der Waals surface area contributed by atoms with Crippen LogP contribution in [0.4, 0.5) is 5.69 Å². The molecule has 1 heterocycles. The molecule has 1 aromatic heterocycles. The molecule has 7 heteroatoms. The molecule has 1 aliphatic carbocycles. The molecule has 0 saturated carbocycles. The van der Waals surface area contributed by atoms with Crippen LogP contribution in [-0.2, 0) is 22.7 Å². The second-order valence-corrected chi connectivity index (χ2v) is 8.64. The number of aromatic nitrogens is 2. The Morgan fingerprint density at radius 1 is 1.07 bits per heavy atom. The third kappa shape index (κ3) is 3.38. The third-order valence-electron chi connectivity index (χ3n) is 4.67. The Labute approximate surface area is 157 Å². The van der Waals surface area contributed by atoms with Crippen molar-refractivity contribution in [2.75, 3.05) is 11.6 Å². The molecule has 0 radical (unpaired) electrons. The summed E-state index contributed by atoms with van der Waals surface area (Å²) >= 11 is 0. The third-order valence-corrected chi connectivity index (χ3v) is 5.78. The van der Waals surface area contributed by atoms with Gasteiger partial charge in [-0.25, -0.2) is 13.1 Å². The van der Waals surface area contributed by atoms with Crippen LogP contribution in [0, 0.1) is 0 Å². The number of carbonyl (C=O) groups is 1. The average Bonchev–Trinajstić information content (AvgIpc) is 3.24. The fourth-order valence-corrected chi connectivity index (χ4v) is 4.06. The van der Waals surface area contributed by atoms with Crippen molar-refractivity contribution in [3.63, 3.8) is 0 Å². The molecular weight excluding hydrogens is 362 g/mol. The van der Waals surface area contributed by atoms with Crippen LogP contribution in [0.1, 0.15) is 28.2 Å². The average molecular weight is 381 g/mol. The summed E-state index contributed by atoms with van der Waals surface area (Å²) in [7, 11) is -3.34. The van der Waals surface area contributed by atoms with E-state index in [2.05, 4.69) is 10.4 Å². The van der Waals surface area contributed by atoms with Crippen LogP contribution in [0.25, 0.3) is 5.69 Å². The van der Waals surface area contributed by atoms with Crippen molar-refractivity contribution in [1.82, 2.24) is 9.78 Å². The molecule has 1 aliphatic rings. The monoisotopic (exact) mass is 381 g/mol. The maximum Gasteiger partial charge on any atom is 0.276 e.